The van der Waals surface area contributed by atoms with Crippen LogP contribution in [0.25, 0.3) is 0 Å². The van der Waals surface area contributed by atoms with Gasteiger partial charge in [-0.25, -0.2) is 5.84 Å². The summed E-state index contributed by atoms with van der Waals surface area (Å²) >= 11 is 4.10. The second kappa shape index (κ2) is 4.47. The van der Waals surface area contributed by atoms with Crippen molar-refractivity contribution in [2.24, 2.45) is 5.84 Å². The zero-order valence-electron chi connectivity index (χ0n) is 5.70. The van der Waals surface area contributed by atoms with Gasteiger partial charge in [0.25, 0.3) is 0 Å². The van der Waals surface area contributed by atoms with Crippen LogP contribution in [0.5, 0.6) is 0 Å². The molecular weight excluding hydrogens is 132 g/mol. The maximum absolute atomic E-state index is 5.30. The van der Waals surface area contributed by atoms with Gasteiger partial charge in [-0.05, 0) is 6.92 Å². The van der Waals surface area contributed by atoms with Crippen LogP contribution in [-0.2, 0) is 0 Å². The summed E-state index contributed by atoms with van der Waals surface area (Å²) in [7, 11) is 1.75. The summed E-state index contributed by atoms with van der Waals surface area (Å²) < 4.78 is 0. The SMILES string of the molecule is C/C=C\C(S)=C/N(C)N. The molecule has 0 rings (SSSR count). The lowest BCUT2D eigenvalue weighted by molar-refractivity contribution is 0.484. The van der Waals surface area contributed by atoms with Crippen LogP contribution in [0.3, 0.4) is 0 Å². The zero-order chi connectivity index (χ0) is 7.28. The van der Waals surface area contributed by atoms with Crippen molar-refractivity contribution < 1.29 is 0 Å². The third-order valence-corrected chi connectivity index (χ3v) is 0.938. The number of nitrogens with two attached hydrogens (primary N) is 1. The summed E-state index contributed by atoms with van der Waals surface area (Å²) in [4.78, 5) is 0.850. The minimum Gasteiger partial charge on any atom is -0.320 e. The predicted octanol–water partition coefficient (Wildman–Crippen LogP) is 1.14. The molecular formula is C6H12N2S. The van der Waals surface area contributed by atoms with E-state index in [0.717, 1.165) is 4.91 Å². The van der Waals surface area contributed by atoms with E-state index >= 15 is 0 Å². The van der Waals surface area contributed by atoms with Crippen molar-refractivity contribution in [1.82, 2.24) is 5.01 Å². The summed E-state index contributed by atoms with van der Waals surface area (Å²) in [5.41, 5.74) is 0. The van der Waals surface area contributed by atoms with E-state index in [0.29, 0.717) is 0 Å². The summed E-state index contributed by atoms with van der Waals surface area (Å²) in [6, 6.07) is 0. The first-order valence-electron chi connectivity index (χ1n) is 2.68. The van der Waals surface area contributed by atoms with Gasteiger partial charge in [-0.3, -0.25) is 0 Å². The van der Waals surface area contributed by atoms with Gasteiger partial charge in [0.2, 0.25) is 0 Å². The largest absolute Gasteiger partial charge is 0.320 e. The Bertz CT molecular complexity index is 127. The molecule has 0 amide bonds. The van der Waals surface area contributed by atoms with E-state index in [1.165, 1.54) is 5.01 Å². The Labute approximate surface area is 61.4 Å². The first-order valence-corrected chi connectivity index (χ1v) is 3.12. The van der Waals surface area contributed by atoms with Crippen LogP contribution in [0.2, 0.25) is 0 Å². The fraction of sp³-hybridized carbons (Fsp3) is 0.333. The predicted molar refractivity (Wildman–Crippen MR) is 43.8 cm³/mol. The van der Waals surface area contributed by atoms with Crippen molar-refractivity contribution in [1.29, 1.82) is 0 Å². The smallest absolute Gasteiger partial charge is 0.0285 e. The first kappa shape index (κ1) is 8.59. The van der Waals surface area contributed by atoms with E-state index in [4.69, 9.17) is 5.84 Å². The molecule has 0 radical (unpaired) electrons. The number of rotatable bonds is 2. The van der Waals surface area contributed by atoms with E-state index in [-0.39, 0.29) is 0 Å². The highest BCUT2D eigenvalue weighted by molar-refractivity contribution is 7.84. The number of hydrogen-bond donors (Lipinski definition) is 2. The Kier molecular flexibility index (Phi) is 4.26. The average Bonchev–Trinajstić information content (AvgIpc) is 1.63. The number of hydrogen-bond acceptors (Lipinski definition) is 3. The molecule has 0 aromatic rings. The van der Waals surface area contributed by atoms with Gasteiger partial charge in [0, 0.05) is 18.2 Å². The number of hydrazine groups is 1. The lowest BCUT2D eigenvalue weighted by Crippen LogP contribution is -2.18. The van der Waals surface area contributed by atoms with Gasteiger partial charge in [0.1, 0.15) is 0 Å². The molecule has 0 atom stereocenters. The first-order chi connectivity index (χ1) is 4.16. The summed E-state index contributed by atoms with van der Waals surface area (Å²) in [6.45, 7) is 1.93. The van der Waals surface area contributed by atoms with Gasteiger partial charge in [0.15, 0.2) is 0 Å². The van der Waals surface area contributed by atoms with Crippen molar-refractivity contribution in [3.8, 4) is 0 Å². The maximum atomic E-state index is 5.30. The molecule has 9 heavy (non-hydrogen) atoms. The van der Waals surface area contributed by atoms with Crippen LogP contribution in [-0.4, -0.2) is 12.1 Å². The highest BCUT2D eigenvalue weighted by atomic mass is 32.1. The molecule has 0 saturated heterocycles. The normalized spacial score (nSPS) is 12.7. The molecule has 0 fully saturated rings. The highest BCUT2D eigenvalue weighted by Crippen LogP contribution is 2.00. The van der Waals surface area contributed by atoms with Crippen LogP contribution < -0.4 is 5.84 Å². The van der Waals surface area contributed by atoms with Crippen molar-refractivity contribution in [3.63, 3.8) is 0 Å². The van der Waals surface area contributed by atoms with Crippen LogP contribution in [0.4, 0.5) is 0 Å². The molecule has 0 heterocycles. The Hall–Kier alpha value is -0.410. The highest BCUT2D eigenvalue weighted by Gasteiger charge is 1.81. The molecule has 2 nitrogen and oxygen atoms in total. The van der Waals surface area contributed by atoms with Gasteiger partial charge >= 0.3 is 0 Å². The topological polar surface area (TPSA) is 29.3 Å². The molecule has 0 aromatic heterocycles. The molecule has 0 aliphatic rings. The Morgan fingerprint density at radius 1 is 1.67 bits per heavy atom. The molecule has 0 unspecified atom stereocenters. The molecule has 0 aliphatic carbocycles. The molecule has 0 bridgehead atoms. The van der Waals surface area contributed by atoms with Crippen molar-refractivity contribution >= 4 is 12.6 Å². The summed E-state index contributed by atoms with van der Waals surface area (Å²) in [5.74, 6) is 5.30. The molecule has 52 valence electrons. The quantitative estimate of drug-likeness (QED) is 0.263. The van der Waals surface area contributed by atoms with E-state index < -0.39 is 0 Å². The standard InChI is InChI=1S/C6H12N2S/c1-3-4-6(9)5-8(2)7/h3-5,9H,7H2,1-2H3/b4-3-,6-5+. The minimum absolute atomic E-state index is 0.850. The monoisotopic (exact) mass is 144 g/mol. The van der Waals surface area contributed by atoms with E-state index in [1.54, 1.807) is 13.2 Å². The maximum Gasteiger partial charge on any atom is 0.0285 e. The van der Waals surface area contributed by atoms with Gasteiger partial charge in [-0.1, -0.05) is 12.2 Å². The van der Waals surface area contributed by atoms with Gasteiger partial charge < -0.3 is 5.01 Å². The molecule has 2 N–H and O–H groups in total. The van der Waals surface area contributed by atoms with Crippen LogP contribution in [0, 0.1) is 0 Å². The fourth-order valence-electron chi connectivity index (χ4n) is 0.422. The number of nitrogens with zero attached hydrogens (tertiary/aromatic N) is 1. The second-order valence-electron chi connectivity index (χ2n) is 1.72. The molecule has 0 saturated carbocycles. The van der Waals surface area contributed by atoms with Crippen molar-refractivity contribution in [2.45, 2.75) is 6.92 Å². The number of allylic oxidation sites excluding steroid dienone is 2. The Balaban J connectivity index is 3.84. The van der Waals surface area contributed by atoms with Gasteiger partial charge in [-0.2, -0.15) is 0 Å². The Morgan fingerprint density at radius 2 is 2.22 bits per heavy atom. The minimum atomic E-state index is 0.850. The Morgan fingerprint density at radius 3 is 2.56 bits per heavy atom. The summed E-state index contributed by atoms with van der Waals surface area (Å²) in [6.07, 6.45) is 5.50. The lowest BCUT2D eigenvalue weighted by Gasteiger charge is -2.03. The molecule has 0 spiro atoms. The van der Waals surface area contributed by atoms with Gasteiger partial charge in [0.05, 0.1) is 0 Å². The molecule has 0 aromatic carbocycles. The van der Waals surface area contributed by atoms with Crippen LogP contribution >= 0.6 is 12.6 Å². The third kappa shape index (κ3) is 5.46. The average molecular weight is 144 g/mol. The van der Waals surface area contributed by atoms with E-state index in [1.807, 2.05) is 19.1 Å². The van der Waals surface area contributed by atoms with Crippen LogP contribution in [0.15, 0.2) is 23.3 Å². The second-order valence-corrected chi connectivity index (χ2v) is 2.24. The third-order valence-electron chi connectivity index (χ3n) is 0.673. The molecule has 0 aliphatic heterocycles. The zero-order valence-corrected chi connectivity index (χ0v) is 6.60. The fourth-order valence-corrected chi connectivity index (χ4v) is 0.754. The van der Waals surface area contributed by atoms with E-state index in [9.17, 15) is 0 Å². The van der Waals surface area contributed by atoms with Crippen LogP contribution in [0.1, 0.15) is 6.92 Å². The van der Waals surface area contributed by atoms with Crippen molar-refractivity contribution in [3.05, 3.63) is 23.3 Å². The lowest BCUT2D eigenvalue weighted by atomic mass is 10.5. The van der Waals surface area contributed by atoms with E-state index in [2.05, 4.69) is 12.6 Å². The molecule has 3 heteroatoms. The summed E-state index contributed by atoms with van der Waals surface area (Å²) in [5, 5.41) is 1.46. The van der Waals surface area contributed by atoms with Gasteiger partial charge in [-0.15, -0.1) is 12.6 Å². The van der Waals surface area contributed by atoms with Crippen molar-refractivity contribution in [2.75, 3.05) is 7.05 Å². The number of thiol groups is 1.